The summed E-state index contributed by atoms with van der Waals surface area (Å²) in [5, 5.41) is 10.5. The van der Waals surface area contributed by atoms with E-state index in [0.717, 1.165) is 24.8 Å². The van der Waals surface area contributed by atoms with E-state index in [1.165, 1.54) is 23.5 Å². The molecule has 6 nitrogen and oxygen atoms in total. The molecule has 162 valence electrons. The van der Waals surface area contributed by atoms with E-state index in [1.54, 1.807) is 12.1 Å². The number of carboxylic acid groups (broad SMARTS) is 1. The molecule has 0 amide bonds. The molecule has 2 aromatic carbocycles. The maximum atomic E-state index is 14.3. The SMILES string of the molecule is CN1c2ccccc2C([NH2+]CCCCCCC(=O)O)c2cc(F)c(Cl)cc2S1(=O)=O. The minimum absolute atomic E-state index is 0.00954. The van der Waals surface area contributed by atoms with Crippen LogP contribution in [0, 0.1) is 5.82 Å². The second kappa shape index (κ2) is 9.32. The number of hydrogen-bond acceptors (Lipinski definition) is 3. The molecule has 0 saturated heterocycles. The van der Waals surface area contributed by atoms with Crippen molar-refractivity contribution >= 4 is 33.3 Å². The molecular weight excluding hydrogens is 431 g/mol. The molecule has 3 N–H and O–H groups in total. The summed E-state index contributed by atoms with van der Waals surface area (Å²) in [7, 11) is -2.40. The Morgan fingerprint density at radius 1 is 1.17 bits per heavy atom. The highest BCUT2D eigenvalue weighted by Crippen LogP contribution is 2.39. The lowest BCUT2D eigenvalue weighted by Gasteiger charge is -2.20. The summed E-state index contributed by atoms with van der Waals surface area (Å²) < 4.78 is 41.9. The maximum absolute atomic E-state index is 14.3. The van der Waals surface area contributed by atoms with Gasteiger partial charge in [-0.1, -0.05) is 36.2 Å². The predicted molar refractivity (Wildman–Crippen MR) is 113 cm³/mol. The zero-order valence-corrected chi connectivity index (χ0v) is 18.2. The van der Waals surface area contributed by atoms with Crippen molar-refractivity contribution < 1.29 is 28.0 Å². The standard InChI is InChI=1S/C21H24ClFN2O4S/c1-25-18-9-6-5-8-14(18)21(24-11-7-3-2-4-10-20(26)27)15-12-17(23)16(22)13-19(15)30(25,28)29/h5-6,8-9,12-13,21,24H,2-4,7,10-11H2,1H3,(H,26,27)/p+1. The van der Waals surface area contributed by atoms with Gasteiger partial charge in [-0.05, 0) is 37.5 Å². The zero-order valence-electron chi connectivity index (χ0n) is 16.6. The van der Waals surface area contributed by atoms with Gasteiger partial charge in [0.2, 0.25) is 0 Å². The van der Waals surface area contributed by atoms with Crippen LogP contribution in [0.4, 0.5) is 10.1 Å². The number of carbonyl (C=O) groups is 1. The van der Waals surface area contributed by atoms with Crippen LogP contribution in [0.2, 0.25) is 5.02 Å². The molecule has 0 bridgehead atoms. The first-order valence-electron chi connectivity index (χ1n) is 9.85. The number of nitrogens with two attached hydrogens (primary N) is 1. The number of halogens is 2. The van der Waals surface area contributed by atoms with Crippen molar-refractivity contribution in [1.82, 2.24) is 0 Å². The summed E-state index contributed by atoms with van der Waals surface area (Å²) in [6, 6.07) is 9.22. The fourth-order valence-electron chi connectivity index (χ4n) is 3.80. The van der Waals surface area contributed by atoms with Crippen LogP contribution < -0.4 is 9.62 Å². The number of sulfonamides is 1. The third kappa shape index (κ3) is 4.61. The maximum Gasteiger partial charge on any atom is 0.303 e. The van der Waals surface area contributed by atoms with Gasteiger partial charge in [-0.15, -0.1) is 0 Å². The lowest BCUT2D eigenvalue weighted by atomic mass is 9.96. The average molecular weight is 456 g/mol. The molecule has 1 unspecified atom stereocenters. The number of carboxylic acids is 1. The Kier molecular flexibility index (Phi) is 7.00. The smallest absolute Gasteiger partial charge is 0.303 e. The first-order valence-corrected chi connectivity index (χ1v) is 11.7. The van der Waals surface area contributed by atoms with E-state index in [4.69, 9.17) is 16.7 Å². The molecule has 9 heteroatoms. The quantitative estimate of drug-likeness (QED) is 0.597. The highest BCUT2D eigenvalue weighted by atomic mass is 35.5. The molecule has 0 radical (unpaired) electrons. The van der Waals surface area contributed by atoms with Gasteiger partial charge in [0, 0.05) is 24.6 Å². The first-order chi connectivity index (χ1) is 14.2. The van der Waals surface area contributed by atoms with E-state index in [9.17, 15) is 17.6 Å². The molecule has 1 aliphatic rings. The number of aliphatic carboxylic acids is 1. The van der Waals surface area contributed by atoms with Crippen LogP contribution in [-0.2, 0) is 14.8 Å². The monoisotopic (exact) mass is 455 g/mol. The largest absolute Gasteiger partial charge is 0.481 e. The van der Waals surface area contributed by atoms with Gasteiger partial charge in [0.25, 0.3) is 10.0 Å². The Morgan fingerprint density at radius 2 is 1.87 bits per heavy atom. The molecule has 1 aliphatic heterocycles. The van der Waals surface area contributed by atoms with Gasteiger partial charge in [0.15, 0.2) is 0 Å². The molecule has 2 aromatic rings. The number of unbranched alkanes of at least 4 members (excludes halogenated alkanes) is 3. The molecule has 30 heavy (non-hydrogen) atoms. The Hall–Kier alpha value is -2.16. The fourth-order valence-corrected chi connectivity index (χ4v) is 5.50. The van der Waals surface area contributed by atoms with Crippen LogP contribution in [0.3, 0.4) is 0 Å². The van der Waals surface area contributed by atoms with Crippen molar-refractivity contribution in [2.24, 2.45) is 0 Å². The first kappa shape index (κ1) is 22.5. The van der Waals surface area contributed by atoms with E-state index < -0.39 is 27.9 Å². The summed E-state index contributed by atoms with van der Waals surface area (Å²) in [4.78, 5) is 10.6. The molecule has 0 aromatic heterocycles. The minimum atomic E-state index is -3.89. The third-order valence-corrected chi connectivity index (χ3v) is 7.50. The van der Waals surface area contributed by atoms with Gasteiger partial charge in [-0.2, -0.15) is 0 Å². The van der Waals surface area contributed by atoms with E-state index >= 15 is 0 Å². The lowest BCUT2D eigenvalue weighted by Crippen LogP contribution is -2.85. The molecule has 1 heterocycles. The van der Waals surface area contributed by atoms with E-state index in [0.29, 0.717) is 24.2 Å². The highest BCUT2D eigenvalue weighted by Gasteiger charge is 2.37. The van der Waals surface area contributed by atoms with E-state index in [1.807, 2.05) is 17.4 Å². The number of hydrogen-bond donors (Lipinski definition) is 2. The van der Waals surface area contributed by atoms with Crippen LogP contribution >= 0.6 is 11.6 Å². The van der Waals surface area contributed by atoms with Gasteiger partial charge in [0.1, 0.15) is 11.9 Å². The summed E-state index contributed by atoms with van der Waals surface area (Å²) in [5.41, 5.74) is 1.71. The Labute approximate surface area is 180 Å². The molecular formula is C21H25ClFN2O4S+. The second-order valence-corrected chi connectivity index (χ2v) is 9.74. The Morgan fingerprint density at radius 3 is 2.60 bits per heavy atom. The Balaban J connectivity index is 1.90. The van der Waals surface area contributed by atoms with Gasteiger partial charge in [-0.3, -0.25) is 9.10 Å². The number of benzene rings is 2. The van der Waals surface area contributed by atoms with Crippen LogP contribution in [0.1, 0.15) is 49.3 Å². The number of quaternary nitrogens is 1. The number of fused-ring (bicyclic) bond motifs is 2. The number of nitrogens with zero attached hydrogens (tertiary/aromatic N) is 1. The summed E-state index contributed by atoms with van der Waals surface area (Å²) in [6.07, 6.45) is 3.33. The van der Waals surface area contributed by atoms with Crippen molar-refractivity contribution in [3.63, 3.8) is 0 Å². The summed E-state index contributed by atoms with van der Waals surface area (Å²) >= 11 is 5.92. The zero-order chi connectivity index (χ0) is 21.9. The third-order valence-electron chi connectivity index (χ3n) is 5.38. The second-order valence-electron chi connectivity index (χ2n) is 7.40. The normalized spacial score (nSPS) is 17.2. The van der Waals surface area contributed by atoms with Crippen molar-refractivity contribution in [2.75, 3.05) is 17.9 Å². The molecule has 0 saturated carbocycles. The van der Waals surface area contributed by atoms with Crippen molar-refractivity contribution in [2.45, 2.75) is 43.0 Å². The molecule has 3 rings (SSSR count). The molecule has 0 spiro atoms. The van der Waals surface area contributed by atoms with Crippen molar-refractivity contribution in [3.05, 3.63) is 58.4 Å². The predicted octanol–water partition coefficient (Wildman–Crippen LogP) is 3.31. The average Bonchev–Trinajstić information content (AvgIpc) is 2.76. The molecule has 0 fully saturated rings. The van der Waals surface area contributed by atoms with Crippen molar-refractivity contribution in [3.8, 4) is 0 Å². The number of anilines is 1. The summed E-state index contributed by atoms with van der Waals surface area (Å²) in [5.74, 6) is -1.45. The summed E-state index contributed by atoms with van der Waals surface area (Å²) in [6.45, 7) is 0.694. The lowest BCUT2D eigenvalue weighted by molar-refractivity contribution is -0.687. The molecule has 1 atom stereocenters. The number of para-hydroxylation sites is 1. The van der Waals surface area contributed by atoms with Crippen LogP contribution in [0.5, 0.6) is 0 Å². The highest BCUT2D eigenvalue weighted by molar-refractivity contribution is 7.92. The van der Waals surface area contributed by atoms with Crippen LogP contribution in [0.25, 0.3) is 0 Å². The fraction of sp³-hybridized carbons (Fsp3) is 0.381. The van der Waals surface area contributed by atoms with E-state index in [-0.39, 0.29) is 16.3 Å². The van der Waals surface area contributed by atoms with Gasteiger partial charge in [0.05, 0.1) is 22.2 Å². The van der Waals surface area contributed by atoms with Gasteiger partial charge in [-0.25, -0.2) is 12.8 Å². The number of rotatable bonds is 8. The van der Waals surface area contributed by atoms with Crippen LogP contribution in [0.15, 0.2) is 41.3 Å². The van der Waals surface area contributed by atoms with Crippen molar-refractivity contribution in [1.29, 1.82) is 0 Å². The van der Waals surface area contributed by atoms with Gasteiger partial charge >= 0.3 is 5.97 Å². The minimum Gasteiger partial charge on any atom is -0.481 e. The topological polar surface area (TPSA) is 91.3 Å². The molecule has 0 aliphatic carbocycles. The van der Waals surface area contributed by atoms with Crippen LogP contribution in [-0.4, -0.2) is 33.1 Å². The Bertz CT molecular complexity index is 1050. The van der Waals surface area contributed by atoms with Gasteiger partial charge < -0.3 is 10.4 Å². The van der Waals surface area contributed by atoms with E-state index in [2.05, 4.69) is 0 Å².